The summed E-state index contributed by atoms with van der Waals surface area (Å²) in [5.41, 5.74) is 0.773. The van der Waals surface area contributed by atoms with Gasteiger partial charge in [0.05, 0.1) is 11.4 Å². The fraction of sp³-hybridized carbons (Fsp3) is 0.588. The summed E-state index contributed by atoms with van der Waals surface area (Å²) in [4.78, 5) is 48.2. The number of carbonyl (C=O) groups is 3. The number of aromatic nitrogens is 2. The van der Waals surface area contributed by atoms with Crippen LogP contribution in [-0.4, -0.2) is 62.8 Å². The molecule has 8 nitrogen and oxygen atoms in total. The number of urea groups is 1. The van der Waals surface area contributed by atoms with Gasteiger partial charge in [-0.3, -0.25) is 24.5 Å². The summed E-state index contributed by atoms with van der Waals surface area (Å²) in [6, 6.07) is -0.513. The summed E-state index contributed by atoms with van der Waals surface area (Å²) < 4.78 is 0. The summed E-state index contributed by atoms with van der Waals surface area (Å²) >= 11 is 0. The Kier molecular flexibility index (Phi) is 4.45. The smallest absolute Gasteiger partial charge is 0.325 e. The van der Waals surface area contributed by atoms with Gasteiger partial charge in [0.1, 0.15) is 12.1 Å². The first kappa shape index (κ1) is 17.3. The molecule has 1 aromatic heterocycles. The molecule has 1 N–H and O–H groups in total. The number of amides is 4. The van der Waals surface area contributed by atoms with E-state index in [2.05, 4.69) is 15.3 Å². The van der Waals surface area contributed by atoms with Crippen molar-refractivity contribution in [3.63, 3.8) is 0 Å². The molecule has 25 heavy (non-hydrogen) atoms. The molecule has 8 heteroatoms. The Morgan fingerprint density at radius 1 is 1.36 bits per heavy atom. The number of nitrogens with zero attached hydrogens (tertiary/aromatic N) is 4. The molecule has 0 unspecified atom stereocenters. The highest BCUT2D eigenvalue weighted by Crippen LogP contribution is 2.26. The molecule has 2 fully saturated rings. The van der Waals surface area contributed by atoms with E-state index in [0.717, 1.165) is 29.1 Å². The van der Waals surface area contributed by atoms with E-state index in [-0.39, 0.29) is 24.3 Å². The van der Waals surface area contributed by atoms with Gasteiger partial charge in [-0.05, 0) is 33.6 Å². The van der Waals surface area contributed by atoms with Crippen LogP contribution in [0.1, 0.15) is 44.0 Å². The number of likely N-dealkylation sites (tertiary alicyclic amines) is 1. The molecule has 0 bridgehead atoms. The fourth-order valence-corrected chi connectivity index (χ4v) is 3.32. The van der Waals surface area contributed by atoms with Crippen LogP contribution in [0.15, 0.2) is 12.4 Å². The number of piperidine rings is 1. The molecule has 0 aliphatic carbocycles. The predicted octanol–water partition coefficient (Wildman–Crippen LogP) is 0.821. The number of rotatable bonds is 3. The van der Waals surface area contributed by atoms with E-state index >= 15 is 0 Å². The molecule has 0 aromatic carbocycles. The van der Waals surface area contributed by atoms with Gasteiger partial charge in [0.2, 0.25) is 5.91 Å². The Labute approximate surface area is 146 Å². The molecule has 1 atom stereocenters. The standard InChI is InChI=1S/C17H23N5O3/c1-11-7-18-8-13(19-11)12-5-4-6-21(9-12)14(23)10-22-15(24)17(2,3)20-16(22)25/h7-8,12H,4-6,9-10H2,1-3H3,(H,20,25)/t12-/m1/s1. The number of hydrogen-bond acceptors (Lipinski definition) is 5. The molecule has 1 aromatic rings. The predicted molar refractivity (Wildman–Crippen MR) is 89.6 cm³/mol. The Hall–Kier alpha value is -2.51. The van der Waals surface area contributed by atoms with Gasteiger partial charge in [-0.2, -0.15) is 0 Å². The van der Waals surface area contributed by atoms with Gasteiger partial charge in [-0.25, -0.2) is 4.79 Å². The first-order valence-electron chi connectivity index (χ1n) is 8.48. The van der Waals surface area contributed by atoms with Gasteiger partial charge in [-0.1, -0.05) is 0 Å². The average Bonchev–Trinajstić information content (AvgIpc) is 2.76. The largest absolute Gasteiger partial charge is 0.340 e. The minimum atomic E-state index is -0.959. The molecule has 0 spiro atoms. The van der Waals surface area contributed by atoms with Crippen molar-refractivity contribution in [2.45, 2.75) is 45.1 Å². The first-order chi connectivity index (χ1) is 11.8. The van der Waals surface area contributed by atoms with Crippen LogP contribution in [0, 0.1) is 6.92 Å². The molecule has 134 valence electrons. The van der Waals surface area contributed by atoms with Crippen molar-refractivity contribution >= 4 is 17.8 Å². The molecule has 3 heterocycles. The number of hydrogen-bond donors (Lipinski definition) is 1. The van der Waals surface area contributed by atoms with Crippen LogP contribution in [0.4, 0.5) is 4.79 Å². The van der Waals surface area contributed by atoms with Crippen LogP contribution in [0.25, 0.3) is 0 Å². The summed E-state index contributed by atoms with van der Waals surface area (Å²) in [6.07, 6.45) is 5.25. The molecule has 0 saturated carbocycles. The number of nitrogens with one attached hydrogen (secondary N) is 1. The summed E-state index contributed by atoms with van der Waals surface area (Å²) in [5, 5.41) is 2.59. The fourth-order valence-electron chi connectivity index (χ4n) is 3.32. The Morgan fingerprint density at radius 3 is 2.76 bits per heavy atom. The SMILES string of the molecule is Cc1cncc([C@@H]2CCCN(C(=O)CN3C(=O)NC(C)(C)C3=O)C2)n1. The average molecular weight is 345 g/mol. The van der Waals surface area contributed by atoms with E-state index in [9.17, 15) is 14.4 Å². The van der Waals surface area contributed by atoms with Crippen LogP contribution in [0.3, 0.4) is 0 Å². The van der Waals surface area contributed by atoms with Gasteiger partial charge in [0, 0.05) is 31.4 Å². The van der Waals surface area contributed by atoms with E-state index in [1.807, 2.05) is 6.92 Å². The Balaban J connectivity index is 1.66. The number of carbonyl (C=O) groups excluding carboxylic acids is 3. The van der Waals surface area contributed by atoms with Crippen molar-refractivity contribution in [1.29, 1.82) is 0 Å². The van der Waals surface area contributed by atoms with Gasteiger partial charge < -0.3 is 10.2 Å². The summed E-state index contributed by atoms with van der Waals surface area (Å²) in [5.74, 6) is -0.458. The van der Waals surface area contributed by atoms with Crippen molar-refractivity contribution < 1.29 is 14.4 Å². The zero-order valence-corrected chi connectivity index (χ0v) is 14.8. The lowest BCUT2D eigenvalue weighted by Crippen LogP contribution is -2.47. The van der Waals surface area contributed by atoms with E-state index in [1.165, 1.54) is 0 Å². The van der Waals surface area contributed by atoms with Crippen molar-refractivity contribution in [2.75, 3.05) is 19.6 Å². The minimum Gasteiger partial charge on any atom is -0.340 e. The molecule has 2 aliphatic rings. The number of aryl methyl sites for hydroxylation is 1. The minimum absolute atomic E-state index is 0.129. The lowest BCUT2D eigenvalue weighted by Gasteiger charge is -2.33. The molecule has 2 aliphatic heterocycles. The first-order valence-corrected chi connectivity index (χ1v) is 8.48. The van der Waals surface area contributed by atoms with Crippen LogP contribution >= 0.6 is 0 Å². The molecule has 0 radical (unpaired) electrons. The zero-order valence-electron chi connectivity index (χ0n) is 14.8. The topological polar surface area (TPSA) is 95.5 Å². The maximum atomic E-state index is 12.6. The van der Waals surface area contributed by atoms with Crippen LogP contribution in [-0.2, 0) is 9.59 Å². The van der Waals surface area contributed by atoms with Gasteiger partial charge in [-0.15, -0.1) is 0 Å². The van der Waals surface area contributed by atoms with Gasteiger partial charge >= 0.3 is 6.03 Å². The molecular weight excluding hydrogens is 322 g/mol. The van der Waals surface area contributed by atoms with Crippen molar-refractivity contribution in [1.82, 2.24) is 25.1 Å². The van der Waals surface area contributed by atoms with Crippen molar-refractivity contribution in [3.05, 3.63) is 23.8 Å². The summed E-state index contributed by atoms with van der Waals surface area (Å²) in [7, 11) is 0. The van der Waals surface area contributed by atoms with Gasteiger partial charge in [0.25, 0.3) is 5.91 Å². The zero-order chi connectivity index (χ0) is 18.2. The summed E-state index contributed by atoms with van der Waals surface area (Å²) in [6.45, 7) is 6.09. The second-order valence-corrected chi connectivity index (χ2v) is 7.21. The highest BCUT2D eigenvalue weighted by molar-refractivity contribution is 6.08. The monoisotopic (exact) mass is 345 g/mol. The highest BCUT2D eigenvalue weighted by atomic mass is 16.2. The third-order valence-corrected chi connectivity index (χ3v) is 4.70. The second kappa shape index (κ2) is 6.42. The molecule has 3 rings (SSSR count). The maximum Gasteiger partial charge on any atom is 0.325 e. The second-order valence-electron chi connectivity index (χ2n) is 7.21. The molecular formula is C17H23N5O3. The van der Waals surface area contributed by atoms with Gasteiger partial charge in [0.15, 0.2) is 0 Å². The van der Waals surface area contributed by atoms with Crippen molar-refractivity contribution in [3.8, 4) is 0 Å². The van der Waals surface area contributed by atoms with Crippen molar-refractivity contribution in [2.24, 2.45) is 0 Å². The maximum absolute atomic E-state index is 12.6. The third kappa shape index (κ3) is 3.47. The lowest BCUT2D eigenvalue weighted by atomic mass is 9.95. The Bertz CT molecular complexity index is 718. The van der Waals surface area contributed by atoms with E-state index < -0.39 is 11.6 Å². The lowest BCUT2D eigenvalue weighted by molar-refractivity contribution is -0.139. The van der Waals surface area contributed by atoms with E-state index in [1.54, 1.807) is 31.1 Å². The normalized spacial score (nSPS) is 22.9. The molecule has 4 amide bonds. The third-order valence-electron chi connectivity index (χ3n) is 4.70. The Morgan fingerprint density at radius 2 is 2.12 bits per heavy atom. The van der Waals surface area contributed by atoms with Crippen LogP contribution in [0.5, 0.6) is 0 Å². The van der Waals surface area contributed by atoms with E-state index in [4.69, 9.17) is 0 Å². The van der Waals surface area contributed by atoms with Crippen LogP contribution < -0.4 is 5.32 Å². The van der Waals surface area contributed by atoms with Crippen LogP contribution in [0.2, 0.25) is 0 Å². The molecule has 2 saturated heterocycles. The quantitative estimate of drug-likeness (QED) is 0.819. The highest BCUT2D eigenvalue weighted by Gasteiger charge is 2.45. The van der Waals surface area contributed by atoms with E-state index in [0.29, 0.717) is 13.1 Å². The number of imide groups is 1.